The summed E-state index contributed by atoms with van der Waals surface area (Å²) in [5.41, 5.74) is 4.92. The largest absolute Gasteiger partial charge is 0.351 e. The number of rotatable bonds is 6. The molecule has 1 aliphatic rings. The molecule has 1 saturated heterocycles. The Balaban J connectivity index is 2.35. The smallest absolute Gasteiger partial charge is 0.318 e. The van der Waals surface area contributed by atoms with Crippen LogP contribution in [-0.2, 0) is 4.79 Å². The first-order valence-corrected chi connectivity index (χ1v) is 7.03. The summed E-state index contributed by atoms with van der Waals surface area (Å²) < 4.78 is 0. The van der Waals surface area contributed by atoms with Crippen molar-refractivity contribution in [3.8, 4) is 0 Å². The Kier molecular flexibility index (Phi) is 6.80. The first kappa shape index (κ1) is 15.9. The summed E-state index contributed by atoms with van der Waals surface area (Å²) in [6, 6.07) is -0.388. The molecule has 6 nitrogen and oxygen atoms in total. The third-order valence-electron chi connectivity index (χ3n) is 3.51. The molecule has 1 heterocycles. The van der Waals surface area contributed by atoms with E-state index in [0.29, 0.717) is 24.9 Å². The second kappa shape index (κ2) is 8.12. The molecule has 3 amide bonds. The minimum absolute atomic E-state index is 0.306. The van der Waals surface area contributed by atoms with Crippen LogP contribution in [0.3, 0.4) is 0 Å². The molecule has 0 aliphatic carbocycles. The van der Waals surface area contributed by atoms with E-state index in [1.807, 2.05) is 0 Å². The monoisotopic (exact) mass is 270 g/mol. The molecule has 4 N–H and O–H groups in total. The van der Waals surface area contributed by atoms with Crippen LogP contribution in [0, 0.1) is 5.92 Å². The van der Waals surface area contributed by atoms with Crippen LogP contribution >= 0.6 is 0 Å². The number of primary amides is 1. The van der Waals surface area contributed by atoms with Crippen LogP contribution < -0.4 is 16.4 Å². The van der Waals surface area contributed by atoms with Gasteiger partial charge in [0, 0.05) is 25.6 Å². The first-order chi connectivity index (χ1) is 8.99. The summed E-state index contributed by atoms with van der Waals surface area (Å²) >= 11 is 0. The number of hydrogen-bond acceptors (Lipinski definition) is 4. The maximum Gasteiger partial charge on any atom is 0.318 e. The molecule has 110 valence electrons. The highest BCUT2D eigenvalue weighted by Crippen LogP contribution is 2.13. The Morgan fingerprint density at radius 3 is 2.74 bits per heavy atom. The Morgan fingerprint density at radius 1 is 1.47 bits per heavy atom. The van der Waals surface area contributed by atoms with Crippen LogP contribution in [0.4, 0.5) is 4.79 Å². The van der Waals surface area contributed by atoms with Crippen molar-refractivity contribution in [2.24, 2.45) is 11.7 Å². The lowest BCUT2D eigenvalue weighted by molar-refractivity contribution is -0.120. The zero-order chi connectivity index (χ0) is 14.3. The van der Waals surface area contributed by atoms with Crippen LogP contribution in [0.25, 0.3) is 0 Å². The highest BCUT2D eigenvalue weighted by atomic mass is 16.2. The number of nitrogens with two attached hydrogens (primary N) is 1. The topological polar surface area (TPSA) is 87.5 Å². The van der Waals surface area contributed by atoms with E-state index in [4.69, 9.17) is 5.73 Å². The minimum atomic E-state index is -0.780. The fourth-order valence-corrected chi connectivity index (χ4v) is 2.42. The third kappa shape index (κ3) is 6.54. The lowest BCUT2D eigenvalue weighted by Crippen LogP contribution is -2.43. The van der Waals surface area contributed by atoms with Crippen molar-refractivity contribution >= 4 is 11.9 Å². The maximum atomic E-state index is 11.4. The van der Waals surface area contributed by atoms with Gasteiger partial charge in [-0.1, -0.05) is 0 Å². The SMILES string of the molecule is CC(C)N(CCC(=O)NC(N)=O)CC1CCCNC1. The van der Waals surface area contributed by atoms with Crippen LogP contribution in [0.1, 0.15) is 33.1 Å². The molecule has 0 saturated carbocycles. The van der Waals surface area contributed by atoms with Crippen LogP contribution in [0.2, 0.25) is 0 Å². The molecule has 1 fully saturated rings. The summed E-state index contributed by atoms with van der Waals surface area (Å²) in [6.45, 7) is 8.07. The van der Waals surface area contributed by atoms with Crippen molar-refractivity contribution in [3.63, 3.8) is 0 Å². The molecule has 1 atom stereocenters. The van der Waals surface area contributed by atoms with E-state index in [-0.39, 0.29) is 5.91 Å². The molecular weight excluding hydrogens is 244 g/mol. The Morgan fingerprint density at radius 2 is 2.21 bits per heavy atom. The number of nitrogens with zero attached hydrogens (tertiary/aromatic N) is 1. The van der Waals surface area contributed by atoms with Gasteiger partial charge in [0.1, 0.15) is 0 Å². The van der Waals surface area contributed by atoms with Crippen molar-refractivity contribution < 1.29 is 9.59 Å². The molecule has 1 aliphatic heterocycles. The average molecular weight is 270 g/mol. The van der Waals surface area contributed by atoms with Crippen molar-refractivity contribution in [1.82, 2.24) is 15.5 Å². The molecule has 0 aromatic heterocycles. The van der Waals surface area contributed by atoms with E-state index in [9.17, 15) is 9.59 Å². The number of hydrogen-bond donors (Lipinski definition) is 3. The molecule has 0 aromatic rings. The van der Waals surface area contributed by atoms with E-state index >= 15 is 0 Å². The second-order valence-corrected chi connectivity index (χ2v) is 5.46. The standard InChI is InChI=1S/C13H26N4O2/c1-10(2)17(7-5-12(18)16-13(14)19)9-11-4-3-6-15-8-11/h10-11,15H,3-9H2,1-2H3,(H3,14,16,18,19). The highest BCUT2D eigenvalue weighted by molar-refractivity contribution is 5.93. The van der Waals surface area contributed by atoms with Gasteiger partial charge in [0.25, 0.3) is 0 Å². The average Bonchev–Trinajstić information content (AvgIpc) is 2.34. The molecule has 1 rings (SSSR count). The number of amides is 3. The number of urea groups is 1. The first-order valence-electron chi connectivity index (χ1n) is 7.03. The predicted octanol–water partition coefficient (Wildman–Crippen LogP) is 0.281. The van der Waals surface area contributed by atoms with Gasteiger partial charge >= 0.3 is 6.03 Å². The lowest BCUT2D eigenvalue weighted by atomic mass is 9.98. The molecule has 19 heavy (non-hydrogen) atoms. The molecule has 1 unspecified atom stereocenters. The quantitative estimate of drug-likeness (QED) is 0.647. The molecule has 0 aromatic carbocycles. The van der Waals surface area contributed by atoms with Gasteiger partial charge in [0.15, 0.2) is 0 Å². The van der Waals surface area contributed by atoms with Gasteiger partial charge < -0.3 is 16.0 Å². The van der Waals surface area contributed by atoms with Crippen molar-refractivity contribution in [1.29, 1.82) is 0 Å². The van der Waals surface area contributed by atoms with Gasteiger partial charge in [-0.3, -0.25) is 10.1 Å². The van der Waals surface area contributed by atoms with Gasteiger partial charge in [0.05, 0.1) is 0 Å². The minimum Gasteiger partial charge on any atom is -0.351 e. The molecule has 0 radical (unpaired) electrons. The Labute approximate surface area is 115 Å². The van der Waals surface area contributed by atoms with Crippen molar-refractivity contribution in [2.75, 3.05) is 26.2 Å². The van der Waals surface area contributed by atoms with Gasteiger partial charge in [-0.15, -0.1) is 0 Å². The zero-order valence-electron chi connectivity index (χ0n) is 11.9. The normalized spacial score (nSPS) is 19.7. The van der Waals surface area contributed by atoms with E-state index in [2.05, 4.69) is 29.4 Å². The molecular formula is C13H26N4O2. The van der Waals surface area contributed by atoms with E-state index in [1.54, 1.807) is 0 Å². The second-order valence-electron chi connectivity index (χ2n) is 5.46. The number of carbonyl (C=O) groups is 2. The van der Waals surface area contributed by atoms with Crippen molar-refractivity contribution in [3.05, 3.63) is 0 Å². The van der Waals surface area contributed by atoms with Crippen LogP contribution in [0.5, 0.6) is 0 Å². The summed E-state index contributed by atoms with van der Waals surface area (Å²) in [5.74, 6) is 0.343. The number of carbonyl (C=O) groups excluding carboxylic acids is 2. The van der Waals surface area contributed by atoms with Gasteiger partial charge in [-0.2, -0.15) is 0 Å². The number of imide groups is 1. The fourth-order valence-electron chi connectivity index (χ4n) is 2.42. The lowest BCUT2D eigenvalue weighted by Gasteiger charge is -2.32. The van der Waals surface area contributed by atoms with Crippen LogP contribution in [0.15, 0.2) is 0 Å². The Bertz CT molecular complexity index is 301. The maximum absolute atomic E-state index is 11.4. The summed E-state index contributed by atoms with van der Waals surface area (Å²) in [6.07, 6.45) is 2.77. The highest BCUT2D eigenvalue weighted by Gasteiger charge is 2.19. The molecule has 6 heteroatoms. The predicted molar refractivity (Wildman–Crippen MR) is 74.6 cm³/mol. The number of piperidine rings is 1. The van der Waals surface area contributed by atoms with Crippen LogP contribution in [-0.4, -0.2) is 49.1 Å². The van der Waals surface area contributed by atoms with Gasteiger partial charge in [-0.25, -0.2) is 4.79 Å². The summed E-state index contributed by atoms with van der Waals surface area (Å²) in [5, 5.41) is 5.50. The Hall–Kier alpha value is -1.14. The van der Waals surface area contributed by atoms with E-state index in [1.165, 1.54) is 12.8 Å². The summed E-state index contributed by atoms with van der Waals surface area (Å²) in [7, 11) is 0. The molecule has 0 bridgehead atoms. The van der Waals surface area contributed by atoms with E-state index < -0.39 is 6.03 Å². The fraction of sp³-hybridized carbons (Fsp3) is 0.846. The van der Waals surface area contributed by atoms with Gasteiger partial charge in [-0.05, 0) is 45.7 Å². The molecule has 0 spiro atoms. The van der Waals surface area contributed by atoms with E-state index in [0.717, 1.165) is 19.6 Å². The third-order valence-corrected chi connectivity index (χ3v) is 3.51. The summed E-state index contributed by atoms with van der Waals surface area (Å²) in [4.78, 5) is 24.3. The number of nitrogens with one attached hydrogen (secondary N) is 2. The van der Waals surface area contributed by atoms with Gasteiger partial charge in [0.2, 0.25) is 5.91 Å². The zero-order valence-corrected chi connectivity index (χ0v) is 11.9. The van der Waals surface area contributed by atoms with Crippen molar-refractivity contribution in [2.45, 2.75) is 39.2 Å².